The van der Waals surface area contributed by atoms with Crippen LogP contribution in [0.15, 0.2) is 46.0 Å². The molecule has 1 unspecified atom stereocenters. The van der Waals surface area contributed by atoms with E-state index in [1.165, 1.54) is 23.5 Å². The molecular formula is C21H22ClFN4O2S. The zero-order valence-electron chi connectivity index (χ0n) is 16.8. The minimum absolute atomic E-state index is 0.230. The number of ether oxygens (including phenoxy) is 1. The summed E-state index contributed by atoms with van der Waals surface area (Å²) in [5.41, 5.74) is 1.93. The van der Waals surface area contributed by atoms with E-state index in [0.717, 1.165) is 30.1 Å². The third kappa shape index (κ3) is 4.12. The van der Waals surface area contributed by atoms with Gasteiger partial charge < -0.3 is 14.5 Å². The van der Waals surface area contributed by atoms with Crippen molar-refractivity contribution in [3.8, 4) is 0 Å². The first kappa shape index (κ1) is 21.0. The quantitative estimate of drug-likeness (QED) is 0.627. The SMILES string of the molecule is CN(C)CCOC(=O)C1=C2CCCN2C(c2nccs2)=NC1c1ccc(F)cc1Cl. The number of amidine groups is 1. The summed E-state index contributed by atoms with van der Waals surface area (Å²) < 4.78 is 19.3. The van der Waals surface area contributed by atoms with Crippen LogP contribution in [0.25, 0.3) is 0 Å². The van der Waals surface area contributed by atoms with Crippen LogP contribution in [-0.2, 0) is 9.53 Å². The van der Waals surface area contributed by atoms with E-state index in [2.05, 4.69) is 9.88 Å². The van der Waals surface area contributed by atoms with Crippen molar-refractivity contribution in [2.24, 2.45) is 4.99 Å². The zero-order chi connectivity index (χ0) is 21.3. The second kappa shape index (κ2) is 8.83. The summed E-state index contributed by atoms with van der Waals surface area (Å²) in [5, 5.41) is 2.90. The molecule has 1 aromatic carbocycles. The van der Waals surface area contributed by atoms with Crippen LogP contribution in [0.4, 0.5) is 4.39 Å². The molecular weight excluding hydrogens is 427 g/mol. The number of benzene rings is 1. The minimum atomic E-state index is -0.673. The topological polar surface area (TPSA) is 58.0 Å². The van der Waals surface area contributed by atoms with Gasteiger partial charge in [0, 0.05) is 40.9 Å². The molecule has 1 fully saturated rings. The molecule has 2 aliphatic rings. The molecule has 2 aromatic rings. The predicted molar refractivity (Wildman–Crippen MR) is 115 cm³/mol. The molecule has 1 aromatic heterocycles. The molecule has 3 heterocycles. The lowest BCUT2D eigenvalue weighted by molar-refractivity contribution is -0.139. The van der Waals surface area contributed by atoms with Gasteiger partial charge in [-0.2, -0.15) is 0 Å². The molecule has 0 bridgehead atoms. The number of nitrogens with zero attached hydrogens (tertiary/aromatic N) is 4. The summed E-state index contributed by atoms with van der Waals surface area (Å²) in [4.78, 5) is 26.4. The summed E-state index contributed by atoms with van der Waals surface area (Å²) in [7, 11) is 3.83. The van der Waals surface area contributed by atoms with E-state index in [9.17, 15) is 9.18 Å². The molecule has 0 spiro atoms. The molecule has 0 saturated carbocycles. The van der Waals surface area contributed by atoms with E-state index in [1.54, 1.807) is 12.3 Å². The molecule has 1 saturated heterocycles. The molecule has 0 amide bonds. The van der Waals surface area contributed by atoms with E-state index in [1.807, 2.05) is 24.4 Å². The van der Waals surface area contributed by atoms with E-state index >= 15 is 0 Å². The van der Waals surface area contributed by atoms with Crippen LogP contribution in [-0.4, -0.2) is 60.4 Å². The first-order valence-corrected chi connectivity index (χ1v) is 11.0. The average Bonchev–Trinajstić information content (AvgIpc) is 3.38. The maximum atomic E-state index is 13.7. The van der Waals surface area contributed by atoms with Crippen molar-refractivity contribution in [1.29, 1.82) is 0 Å². The Hall–Kier alpha value is -2.29. The number of likely N-dealkylation sites (N-methyl/N-ethyl adjacent to an activating group) is 1. The highest BCUT2D eigenvalue weighted by molar-refractivity contribution is 7.11. The van der Waals surface area contributed by atoms with Gasteiger partial charge in [0.25, 0.3) is 0 Å². The van der Waals surface area contributed by atoms with Crippen LogP contribution >= 0.6 is 22.9 Å². The van der Waals surface area contributed by atoms with Crippen molar-refractivity contribution < 1.29 is 13.9 Å². The van der Waals surface area contributed by atoms with Crippen LogP contribution in [0.3, 0.4) is 0 Å². The number of thiazole rings is 1. The van der Waals surface area contributed by atoms with Crippen LogP contribution in [0.1, 0.15) is 29.5 Å². The Morgan fingerprint density at radius 3 is 2.97 bits per heavy atom. The molecule has 2 aliphatic heterocycles. The maximum Gasteiger partial charge on any atom is 0.338 e. The van der Waals surface area contributed by atoms with Gasteiger partial charge in [-0.3, -0.25) is 4.99 Å². The number of carbonyl (C=O) groups is 1. The van der Waals surface area contributed by atoms with E-state index in [4.69, 9.17) is 21.3 Å². The highest BCUT2D eigenvalue weighted by Gasteiger charge is 2.39. The van der Waals surface area contributed by atoms with Gasteiger partial charge in [0.05, 0.1) is 5.57 Å². The largest absolute Gasteiger partial charge is 0.461 e. The van der Waals surface area contributed by atoms with Crippen molar-refractivity contribution in [2.45, 2.75) is 18.9 Å². The molecule has 30 heavy (non-hydrogen) atoms. The van der Waals surface area contributed by atoms with Gasteiger partial charge in [-0.15, -0.1) is 11.3 Å². The third-order valence-electron chi connectivity index (χ3n) is 5.08. The van der Waals surface area contributed by atoms with Crippen LogP contribution in [0.5, 0.6) is 0 Å². The van der Waals surface area contributed by atoms with Gasteiger partial charge >= 0.3 is 5.97 Å². The standard InChI is InChI=1S/C21H22ClFN4O2S/c1-26(2)9-10-29-21(28)17-16-4-3-8-27(16)19(20-24-7-11-30-20)25-18(17)14-6-5-13(23)12-15(14)22/h5-7,11-12,18H,3-4,8-10H2,1-2H3. The summed E-state index contributed by atoms with van der Waals surface area (Å²) in [6.45, 7) is 1.65. The predicted octanol–water partition coefficient (Wildman–Crippen LogP) is 3.89. The van der Waals surface area contributed by atoms with E-state index in [0.29, 0.717) is 23.5 Å². The van der Waals surface area contributed by atoms with Gasteiger partial charge in [0.1, 0.15) is 18.5 Å². The Balaban J connectivity index is 1.78. The summed E-state index contributed by atoms with van der Waals surface area (Å²) in [6.07, 6.45) is 3.36. The monoisotopic (exact) mass is 448 g/mol. The van der Waals surface area contributed by atoms with Gasteiger partial charge in [0.15, 0.2) is 10.8 Å². The van der Waals surface area contributed by atoms with Crippen molar-refractivity contribution in [3.05, 3.63) is 62.5 Å². The van der Waals surface area contributed by atoms with Gasteiger partial charge in [0.2, 0.25) is 0 Å². The van der Waals surface area contributed by atoms with Crippen LogP contribution < -0.4 is 0 Å². The normalized spacial score (nSPS) is 18.6. The van der Waals surface area contributed by atoms with E-state index in [-0.39, 0.29) is 11.6 Å². The number of fused-ring (bicyclic) bond motifs is 1. The average molecular weight is 449 g/mol. The molecule has 6 nitrogen and oxygen atoms in total. The lowest BCUT2D eigenvalue weighted by atomic mass is 9.94. The van der Waals surface area contributed by atoms with Crippen LogP contribution in [0.2, 0.25) is 5.02 Å². The summed E-state index contributed by atoms with van der Waals surface area (Å²) in [6, 6.07) is 3.49. The number of esters is 1. The highest BCUT2D eigenvalue weighted by Crippen LogP contribution is 2.42. The first-order valence-electron chi connectivity index (χ1n) is 9.70. The Bertz CT molecular complexity index is 1010. The number of aromatic nitrogens is 1. The zero-order valence-corrected chi connectivity index (χ0v) is 18.3. The Morgan fingerprint density at radius 2 is 2.27 bits per heavy atom. The summed E-state index contributed by atoms with van der Waals surface area (Å²) in [5.74, 6) is -0.132. The van der Waals surface area contributed by atoms with Crippen LogP contribution in [0, 0.1) is 5.82 Å². The van der Waals surface area contributed by atoms with Crippen molar-refractivity contribution in [1.82, 2.24) is 14.8 Å². The second-order valence-electron chi connectivity index (χ2n) is 7.41. The number of hydrogen-bond donors (Lipinski definition) is 0. The molecule has 0 radical (unpaired) electrons. The molecule has 1 atom stereocenters. The second-order valence-corrected chi connectivity index (χ2v) is 8.71. The minimum Gasteiger partial charge on any atom is -0.461 e. The van der Waals surface area contributed by atoms with Gasteiger partial charge in [-0.05, 0) is 39.1 Å². The fraction of sp³-hybridized carbons (Fsp3) is 0.381. The van der Waals surface area contributed by atoms with E-state index < -0.39 is 17.8 Å². The van der Waals surface area contributed by atoms with Crippen molar-refractivity contribution in [2.75, 3.05) is 33.8 Å². The third-order valence-corrected chi connectivity index (χ3v) is 6.18. The number of carbonyl (C=O) groups excluding carboxylic acids is 1. The molecule has 9 heteroatoms. The lowest BCUT2D eigenvalue weighted by Crippen LogP contribution is -2.35. The highest BCUT2D eigenvalue weighted by atomic mass is 35.5. The fourth-order valence-corrected chi connectivity index (χ4v) is 4.59. The fourth-order valence-electron chi connectivity index (χ4n) is 3.68. The Kier molecular flexibility index (Phi) is 6.17. The van der Waals surface area contributed by atoms with Crippen molar-refractivity contribution >= 4 is 34.7 Å². The van der Waals surface area contributed by atoms with Gasteiger partial charge in [-0.1, -0.05) is 17.7 Å². The molecule has 4 rings (SSSR count). The smallest absolute Gasteiger partial charge is 0.338 e. The Morgan fingerprint density at radius 1 is 1.43 bits per heavy atom. The van der Waals surface area contributed by atoms with Crippen molar-refractivity contribution in [3.63, 3.8) is 0 Å². The first-order chi connectivity index (χ1) is 14.5. The molecule has 158 valence electrons. The molecule has 0 aliphatic carbocycles. The summed E-state index contributed by atoms with van der Waals surface area (Å²) >= 11 is 7.87. The number of allylic oxidation sites excluding steroid dienone is 1. The molecule has 0 N–H and O–H groups in total. The Labute approximate surface area is 183 Å². The number of aliphatic imine (C=N–C) groups is 1. The number of halogens is 2. The lowest BCUT2D eigenvalue weighted by Gasteiger charge is -2.32. The number of hydrogen-bond acceptors (Lipinski definition) is 7. The maximum absolute atomic E-state index is 13.7. The number of rotatable bonds is 6. The van der Waals surface area contributed by atoms with Gasteiger partial charge in [-0.25, -0.2) is 14.2 Å².